The minimum absolute atomic E-state index is 0.639. The third-order valence-corrected chi connectivity index (χ3v) is 5.19. The Morgan fingerprint density at radius 2 is 1.96 bits per heavy atom. The van der Waals surface area contributed by atoms with Gasteiger partial charge in [-0.2, -0.15) is 0 Å². The van der Waals surface area contributed by atoms with Crippen LogP contribution in [-0.2, 0) is 5.60 Å². The van der Waals surface area contributed by atoms with E-state index in [1.165, 1.54) is 25.7 Å². The monoisotopic (exact) mass is 351 g/mol. The lowest BCUT2D eigenvalue weighted by Crippen LogP contribution is -2.33. The van der Waals surface area contributed by atoms with E-state index in [0.29, 0.717) is 11.5 Å². The summed E-state index contributed by atoms with van der Waals surface area (Å²) in [6, 6.07) is 3.77. The first-order valence-corrected chi connectivity index (χ1v) is 9.34. The van der Waals surface area contributed by atoms with Gasteiger partial charge in [0.15, 0.2) is 11.6 Å². The maximum Gasteiger partial charge on any atom is 0.195 e. The Hall–Kier alpha value is -2.34. The van der Waals surface area contributed by atoms with Crippen LogP contribution in [0.2, 0.25) is 0 Å². The molecule has 1 saturated carbocycles. The van der Waals surface area contributed by atoms with Gasteiger partial charge < -0.3 is 10.0 Å². The zero-order chi connectivity index (χ0) is 18.1. The SMILES string of the molecule is CC(C)(O)c1ccc(-c2cnc3c(n2)N(CC2CCCC2)CC=N3)cn1. The summed E-state index contributed by atoms with van der Waals surface area (Å²) < 4.78 is 0. The van der Waals surface area contributed by atoms with Crippen molar-refractivity contribution in [3.05, 3.63) is 30.2 Å². The topological polar surface area (TPSA) is 74.5 Å². The molecule has 136 valence electrons. The Morgan fingerprint density at radius 1 is 1.15 bits per heavy atom. The van der Waals surface area contributed by atoms with Crippen molar-refractivity contribution in [2.75, 3.05) is 18.0 Å². The zero-order valence-corrected chi connectivity index (χ0v) is 15.4. The van der Waals surface area contributed by atoms with E-state index in [0.717, 1.165) is 36.1 Å². The number of hydrogen-bond acceptors (Lipinski definition) is 6. The van der Waals surface area contributed by atoms with E-state index in [2.05, 4.69) is 19.9 Å². The number of nitrogens with zero attached hydrogens (tertiary/aromatic N) is 5. The highest BCUT2D eigenvalue weighted by molar-refractivity contribution is 5.78. The maximum atomic E-state index is 10.1. The maximum absolute atomic E-state index is 10.1. The van der Waals surface area contributed by atoms with Gasteiger partial charge in [-0.1, -0.05) is 12.8 Å². The largest absolute Gasteiger partial charge is 0.384 e. The first kappa shape index (κ1) is 17.1. The molecule has 2 aliphatic rings. The van der Waals surface area contributed by atoms with Crippen LogP contribution in [0.15, 0.2) is 29.5 Å². The molecule has 4 rings (SSSR count). The predicted octanol–water partition coefficient (Wildman–Crippen LogP) is 3.48. The van der Waals surface area contributed by atoms with Crippen molar-refractivity contribution in [1.29, 1.82) is 0 Å². The predicted molar refractivity (Wildman–Crippen MR) is 103 cm³/mol. The Balaban J connectivity index is 1.62. The average Bonchev–Trinajstić information content (AvgIpc) is 3.14. The summed E-state index contributed by atoms with van der Waals surface area (Å²) in [7, 11) is 0. The number of aliphatic imine (C=N–C) groups is 1. The summed E-state index contributed by atoms with van der Waals surface area (Å²) in [4.78, 5) is 20.4. The van der Waals surface area contributed by atoms with Crippen molar-refractivity contribution in [1.82, 2.24) is 15.0 Å². The van der Waals surface area contributed by atoms with Crippen molar-refractivity contribution < 1.29 is 5.11 Å². The van der Waals surface area contributed by atoms with Crippen LogP contribution in [0.1, 0.15) is 45.2 Å². The molecule has 0 aromatic carbocycles. The highest BCUT2D eigenvalue weighted by Crippen LogP contribution is 2.33. The van der Waals surface area contributed by atoms with Gasteiger partial charge in [0.05, 0.1) is 24.1 Å². The van der Waals surface area contributed by atoms with Crippen LogP contribution in [0, 0.1) is 5.92 Å². The molecule has 2 aromatic rings. The van der Waals surface area contributed by atoms with Gasteiger partial charge in [0.25, 0.3) is 0 Å². The van der Waals surface area contributed by atoms with E-state index >= 15 is 0 Å². The number of aromatic nitrogens is 3. The molecule has 2 aromatic heterocycles. The molecule has 0 atom stereocenters. The van der Waals surface area contributed by atoms with Crippen molar-refractivity contribution in [2.24, 2.45) is 10.9 Å². The molecule has 6 nitrogen and oxygen atoms in total. The van der Waals surface area contributed by atoms with Gasteiger partial charge in [0, 0.05) is 24.5 Å². The van der Waals surface area contributed by atoms with E-state index in [-0.39, 0.29) is 0 Å². The number of anilines is 1. The Kier molecular flexibility index (Phi) is 4.44. The minimum Gasteiger partial charge on any atom is -0.384 e. The second-order valence-electron chi connectivity index (χ2n) is 7.76. The number of rotatable bonds is 4. The molecule has 1 aliphatic carbocycles. The van der Waals surface area contributed by atoms with Crippen molar-refractivity contribution in [2.45, 2.75) is 45.1 Å². The summed E-state index contributed by atoms with van der Waals surface area (Å²) >= 11 is 0. The third kappa shape index (κ3) is 3.46. The first-order valence-electron chi connectivity index (χ1n) is 9.34. The molecular formula is C20H25N5O. The Morgan fingerprint density at radius 3 is 2.65 bits per heavy atom. The van der Waals surface area contributed by atoms with Gasteiger partial charge in [0.1, 0.15) is 5.60 Å². The second kappa shape index (κ2) is 6.76. The molecule has 3 heterocycles. The number of fused-ring (bicyclic) bond motifs is 1. The average molecular weight is 351 g/mol. The molecule has 1 N–H and O–H groups in total. The first-order chi connectivity index (χ1) is 12.5. The van der Waals surface area contributed by atoms with Gasteiger partial charge in [-0.15, -0.1) is 0 Å². The number of hydrogen-bond donors (Lipinski definition) is 1. The van der Waals surface area contributed by atoms with Crippen molar-refractivity contribution >= 4 is 17.9 Å². The van der Waals surface area contributed by atoms with Gasteiger partial charge in [-0.05, 0) is 44.7 Å². The summed E-state index contributed by atoms with van der Waals surface area (Å²) in [5.74, 6) is 2.30. The van der Waals surface area contributed by atoms with Gasteiger partial charge in [0.2, 0.25) is 0 Å². The van der Waals surface area contributed by atoms with Crippen LogP contribution in [0.25, 0.3) is 11.3 Å². The van der Waals surface area contributed by atoms with Crippen LogP contribution < -0.4 is 4.90 Å². The normalized spacial score (nSPS) is 17.6. The lowest BCUT2D eigenvalue weighted by Gasteiger charge is -2.28. The zero-order valence-electron chi connectivity index (χ0n) is 15.4. The number of pyridine rings is 1. The van der Waals surface area contributed by atoms with Crippen LogP contribution in [0.5, 0.6) is 0 Å². The fourth-order valence-electron chi connectivity index (χ4n) is 3.70. The lowest BCUT2D eigenvalue weighted by molar-refractivity contribution is 0.0739. The molecule has 0 spiro atoms. The molecule has 0 unspecified atom stereocenters. The lowest BCUT2D eigenvalue weighted by atomic mass is 10.0. The molecule has 6 heteroatoms. The smallest absolute Gasteiger partial charge is 0.195 e. The molecule has 26 heavy (non-hydrogen) atoms. The summed E-state index contributed by atoms with van der Waals surface area (Å²) in [6.07, 6.45) is 10.7. The molecule has 1 aliphatic heterocycles. The number of aliphatic hydroxyl groups is 1. The second-order valence-corrected chi connectivity index (χ2v) is 7.76. The highest BCUT2D eigenvalue weighted by atomic mass is 16.3. The van der Waals surface area contributed by atoms with Gasteiger partial charge in [-0.3, -0.25) is 4.98 Å². The van der Waals surface area contributed by atoms with Crippen LogP contribution in [0.4, 0.5) is 11.6 Å². The fourth-order valence-corrected chi connectivity index (χ4v) is 3.70. The Labute approximate surface area is 154 Å². The fraction of sp³-hybridized carbons (Fsp3) is 0.500. The molecule has 1 fully saturated rings. The van der Waals surface area contributed by atoms with Gasteiger partial charge >= 0.3 is 0 Å². The molecule has 0 amide bonds. The van der Waals surface area contributed by atoms with Gasteiger partial charge in [-0.25, -0.2) is 15.0 Å². The summed E-state index contributed by atoms with van der Waals surface area (Å²) in [5.41, 5.74) is 1.36. The van der Waals surface area contributed by atoms with E-state index in [1.807, 2.05) is 18.3 Å². The molecule has 0 saturated heterocycles. The van der Waals surface area contributed by atoms with Crippen molar-refractivity contribution in [3.8, 4) is 11.3 Å². The van der Waals surface area contributed by atoms with Crippen LogP contribution in [-0.4, -0.2) is 39.4 Å². The van der Waals surface area contributed by atoms with Crippen molar-refractivity contribution in [3.63, 3.8) is 0 Å². The summed E-state index contributed by atoms with van der Waals surface area (Å²) in [5, 5.41) is 10.1. The molecular weight excluding hydrogens is 326 g/mol. The van der Waals surface area contributed by atoms with E-state index in [1.54, 1.807) is 26.2 Å². The standard InChI is InChI=1S/C20H25N5O/c1-20(2,26)17-8-7-15(11-22-17)16-12-23-18-19(24-16)25(10-9-21-18)13-14-5-3-4-6-14/h7-9,11-12,14,26H,3-6,10,13H2,1-2H3. The van der Waals surface area contributed by atoms with E-state index < -0.39 is 5.60 Å². The third-order valence-electron chi connectivity index (χ3n) is 5.19. The minimum atomic E-state index is -0.952. The highest BCUT2D eigenvalue weighted by Gasteiger charge is 2.24. The van der Waals surface area contributed by atoms with Crippen LogP contribution in [0.3, 0.4) is 0 Å². The summed E-state index contributed by atoms with van der Waals surface area (Å²) in [6.45, 7) is 5.27. The quantitative estimate of drug-likeness (QED) is 0.913. The molecule has 0 radical (unpaired) electrons. The van der Waals surface area contributed by atoms with Crippen LogP contribution >= 0.6 is 0 Å². The Bertz CT molecular complexity index is 804. The van der Waals surface area contributed by atoms with E-state index in [9.17, 15) is 5.11 Å². The molecule has 0 bridgehead atoms. The van der Waals surface area contributed by atoms with E-state index in [4.69, 9.17) is 4.98 Å².